The molecule has 27 nitrogen and oxygen atoms in total. The average molecular weight is 1130 g/mol. The second-order valence-corrected chi connectivity index (χ2v) is 21.1. The van der Waals surface area contributed by atoms with Crippen LogP contribution in [-0.4, -0.2) is 156 Å². The van der Waals surface area contributed by atoms with E-state index in [9.17, 15) is 108 Å². The van der Waals surface area contributed by atoms with E-state index in [4.69, 9.17) is 0 Å². The molecule has 0 unspecified atom stereocenters. The number of amides is 4. The largest absolute Gasteiger partial charge is 0.481 e. The molecule has 0 aliphatic rings. The second kappa shape index (κ2) is 34.6. The van der Waals surface area contributed by atoms with Gasteiger partial charge in [-0.25, -0.2) is 4.98 Å². The molecule has 13 N–H and O–H groups in total. The molecule has 0 aromatic carbocycles. The maximum Gasteiger partial charge on any atom is 0.303 e. The zero-order chi connectivity index (χ0) is 58.2. The Bertz CT molecular complexity index is 1900. The van der Waals surface area contributed by atoms with E-state index in [1.165, 1.54) is 21.6 Å². The number of pyridine rings is 1. The lowest BCUT2D eigenvalue weighted by molar-refractivity contribution is -0.141. The summed E-state index contributed by atoms with van der Waals surface area (Å²) in [6, 6.07) is 5.13. The monoisotopic (exact) mass is 1130 g/mol. The molecule has 0 radical (unpaired) electrons. The molecule has 0 aliphatic carbocycles. The van der Waals surface area contributed by atoms with Gasteiger partial charge in [0.15, 0.2) is 0 Å². The number of carboxylic acid groups (broad SMARTS) is 9. The number of rotatable bonds is 45. The third-order valence-electron chi connectivity index (χ3n) is 12.7. The van der Waals surface area contributed by atoms with E-state index >= 15 is 0 Å². The van der Waals surface area contributed by atoms with Gasteiger partial charge in [0.2, 0.25) is 23.6 Å². The summed E-state index contributed by atoms with van der Waals surface area (Å²) in [4.78, 5) is 166. The molecule has 1 aromatic rings. The van der Waals surface area contributed by atoms with Crippen LogP contribution in [0.4, 0.5) is 0 Å². The van der Waals surface area contributed by atoms with Crippen molar-refractivity contribution in [3.63, 3.8) is 0 Å². The maximum absolute atomic E-state index is 14.2. The van der Waals surface area contributed by atoms with Crippen molar-refractivity contribution in [2.24, 2.45) is 0 Å². The molecule has 0 saturated heterocycles. The molecule has 77 heavy (non-hydrogen) atoms. The van der Waals surface area contributed by atoms with Crippen LogP contribution in [0.2, 0.25) is 0 Å². The number of aliphatic carboxylic acids is 9. The van der Waals surface area contributed by atoms with E-state index < -0.39 is 254 Å². The van der Waals surface area contributed by atoms with E-state index in [-0.39, 0.29) is 12.2 Å². The molecule has 0 atom stereocenters. The zero-order valence-corrected chi connectivity index (χ0v) is 43.9. The average Bonchev–Trinajstić information content (AvgIpc) is 3.34. The van der Waals surface area contributed by atoms with E-state index in [0.29, 0.717) is 5.03 Å². The summed E-state index contributed by atoms with van der Waals surface area (Å²) < 4.78 is 0. The minimum absolute atomic E-state index is 0.127. The fourth-order valence-corrected chi connectivity index (χ4v) is 10.4. The number of carboxylic acids is 9. The first kappa shape index (κ1) is 68.0. The fourth-order valence-electron chi connectivity index (χ4n) is 8.49. The third kappa shape index (κ3) is 30.9. The highest BCUT2D eigenvalue weighted by atomic mass is 33.1. The zero-order valence-electron chi connectivity index (χ0n) is 42.3. The lowest BCUT2D eigenvalue weighted by atomic mass is 9.80. The van der Waals surface area contributed by atoms with Gasteiger partial charge in [0.1, 0.15) is 5.03 Å². The van der Waals surface area contributed by atoms with Gasteiger partial charge >= 0.3 is 53.7 Å². The molecule has 0 aliphatic heterocycles. The summed E-state index contributed by atoms with van der Waals surface area (Å²) in [6.07, 6.45) is -11.7. The molecule has 4 amide bonds. The van der Waals surface area contributed by atoms with Crippen molar-refractivity contribution in [2.45, 2.75) is 188 Å². The summed E-state index contributed by atoms with van der Waals surface area (Å²) in [5.41, 5.74) is -7.02. The minimum Gasteiger partial charge on any atom is -0.481 e. The van der Waals surface area contributed by atoms with Crippen molar-refractivity contribution in [3.8, 4) is 0 Å². The molecule has 29 heteroatoms. The number of nitrogens with one attached hydrogen (secondary N) is 4. The number of aromatic nitrogens is 1. The smallest absolute Gasteiger partial charge is 0.303 e. The fraction of sp³-hybridized carbons (Fsp3) is 0.625. The Morgan fingerprint density at radius 2 is 0.558 bits per heavy atom. The first-order valence-electron chi connectivity index (χ1n) is 24.4. The van der Waals surface area contributed by atoms with Crippen LogP contribution in [0, 0.1) is 0 Å². The Labute approximate surface area is 449 Å². The summed E-state index contributed by atoms with van der Waals surface area (Å²) in [6.45, 7) is 0. The van der Waals surface area contributed by atoms with E-state index in [1.807, 2.05) is 0 Å². The van der Waals surface area contributed by atoms with Crippen molar-refractivity contribution >= 4 is 98.9 Å². The molecule has 430 valence electrons. The molecular formula is C48H69N5O22S2. The first-order valence-corrected chi connectivity index (χ1v) is 26.8. The van der Waals surface area contributed by atoms with Crippen LogP contribution in [0.1, 0.15) is 161 Å². The number of carbonyl (C=O) groups excluding carboxylic acids is 4. The number of hydrogen-bond donors (Lipinski definition) is 13. The third-order valence-corrected chi connectivity index (χ3v) is 14.9. The molecule has 0 saturated carbocycles. The minimum atomic E-state index is -1.84. The Hall–Kier alpha value is -7.04. The molecule has 0 fully saturated rings. The van der Waals surface area contributed by atoms with Crippen molar-refractivity contribution in [1.29, 1.82) is 0 Å². The highest BCUT2D eigenvalue weighted by Crippen LogP contribution is 2.34. The molecule has 0 spiro atoms. The van der Waals surface area contributed by atoms with E-state index in [2.05, 4.69) is 26.3 Å². The van der Waals surface area contributed by atoms with Gasteiger partial charge in [-0.3, -0.25) is 62.3 Å². The van der Waals surface area contributed by atoms with Crippen LogP contribution in [0.3, 0.4) is 0 Å². The van der Waals surface area contributed by atoms with Gasteiger partial charge in [-0.2, -0.15) is 0 Å². The molecule has 0 bridgehead atoms. The number of hydrogen-bond acceptors (Lipinski definition) is 16. The van der Waals surface area contributed by atoms with Crippen molar-refractivity contribution < 1.29 is 108 Å². The van der Waals surface area contributed by atoms with E-state index in [0.717, 1.165) is 0 Å². The molecule has 1 aromatic heterocycles. The van der Waals surface area contributed by atoms with Gasteiger partial charge in [0.25, 0.3) is 0 Å². The van der Waals surface area contributed by atoms with Crippen LogP contribution in [0.15, 0.2) is 29.4 Å². The van der Waals surface area contributed by atoms with Gasteiger partial charge in [-0.15, -0.1) is 0 Å². The van der Waals surface area contributed by atoms with Gasteiger partial charge in [0.05, 0.1) is 0 Å². The van der Waals surface area contributed by atoms with Crippen LogP contribution in [-0.2, 0) is 62.3 Å². The summed E-state index contributed by atoms with van der Waals surface area (Å²) >= 11 is 0. The Morgan fingerprint density at radius 1 is 0.338 bits per heavy atom. The Kier molecular flexibility index (Phi) is 30.5. The molecular weight excluding hydrogens is 1060 g/mol. The highest BCUT2D eigenvalue weighted by molar-refractivity contribution is 8.76. The topological polar surface area (TPSA) is 465 Å². The second-order valence-electron chi connectivity index (χ2n) is 18.7. The summed E-state index contributed by atoms with van der Waals surface area (Å²) in [5.74, 6) is -15.6. The Balaban J connectivity index is 4.06. The first-order chi connectivity index (χ1) is 36.0. The van der Waals surface area contributed by atoms with Crippen molar-refractivity contribution in [2.75, 3.05) is 5.75 Å². The van der Waals surface area contributed by atoms with Crippen LogP contribution in [0.5, 0.6) is 0 Å². The van der Waals surface area contributed by atoms with Gasteiger partial charge < -0.3 is 67.2 Å². The predicted octanol–water partition coefficient (Wildman–Crippen LogP) is 3.76. The van der Waals surface area contributed by atoms with Crippen molar-refractivity contribution in [3.05, 3.63) is 24.4 Å². The number of carbonyl (C=O) groups is 13. The summed E-state index contributed by atoms with van der Waals surface area (Å²) in [7, 11) is 2.44. The highest BCUT2D eigenvalue weighted by Gasteiger charge is 2.40. The van der Waals surface area contributed by atoms with Gasteiger partial charge in [-0.05, 0) is 100.0 Å². The van der Waals surface area contributed by atoms with Crippen LogP contribution >= 0.6 is 21.6 Å². The number of nitrogens with zero attached hydrogens (tertiary/aromatic N) is 1. The van der Waals surface area contributed by atoms with Gasteiger partial charge in [0, 0.05) is 118 Å². The Morgan fingerprint density at radius 3 is 0.766 bits per heavy atom. The molecule has 1 heterocycles. The van der Waals surface area contributed by atoms with Crippen molar-refractivity contribution in [1.82, 2.24) is 26.3 Å². The van der Waals surface area contributed by atoms with Gasteiger partial charge in [-0.1, -0.05) is 16.9 Å². The van der Waals surface area contributed by atoms with Crippen LogP contribution < -0.4 is 21.3 Å². The quantitative estimate of drug-likeness (QED) is 0.0326. The SMILES string of the molecule is O=C(O)CCC(CCC(=O)O)(CCC(=O)O)NC(=O)CCC(CCC(=O)NC(CCC(=O)O)(CCC(=O)O)CCC(=O)O)(CCC(=O)NC(CCC(=O)O)(CCC(=O)O)CCC(=O)O)NC(=O)CCSSc1ccccn1. The lowest BCUT2D eigenvalue weighted by Gasteiger charge is -2.39. The normalized spacial score (nSPS) is 11.6. The molecule has 1 rings (SSSR count). The maximum atomic E-state index is 14.2. The van der Waals surface area contributed by atoms with Crippen LogP contribution in [0.25, 0.3) is 0 Å². The lowest BCUT2D eigenvalue weighted by Crippen LogP contribution is -2.54. The standard InChI is InChI=1S/C48H69N5O22S2/c54-31(50-46(20-7-36(58)59,21-8-37(60)61)22-9-38(62)63)4-17-45(53-34(57)16-30-76-77-35-3-1-2-29-49-35,18-5-32(55)51-47(23-10-39(64)65,24-11-40(66)67)25-12-41(68)69)19-6-33(56)52-48(26-13-42(70)71,27-14-43(72)73)28-15-44(74)75/h1-3,29H,4-28,30H2,(H,50,54)(H,51,55)(H,52,56)(H,53,57)(H,58,59)(H,60,61)(H,62,63)(H,64,65)(H,66,67)(H,68,69)(H,70,71)(H,72,73)(H,74,75). The van der Waals surface area contributed by atoms with E-state index in [1.54, 1.807) is 24.4 Å². The summed E-state index contributed by atoms with van der Waals surface area (Å²) in [5, 5.41) is 97.3. The predicted molar refractivity (Wildman–Crippen MR) is 270 cm³/mol.